The normalized spacial score (nSPS) is 16.4. The van der Waals surface area contributed by atoms with E-state index < -0.39 is 8.32 Å². The Bertz CT molecular complexity index is 303. The molecule has 0 aliphatic rings. The van der Waals surface area contributed by atoms with Crippen LogP contribution in [-0.2, 0) is 18.6 Å². The van der Waals surface area contributed by atoms with Crippen LogP contribution in [-0.4, -0.2) is 47.6 Å². The first-order valence-electron chi connectivity index (χ1n) is 7.28. The number of halogens is 1. The molecule has 126 valence electrons. The van der Waals surface area contributed by atoms with E-state index in [-0.39, 0.29) is 24.0 Å². The summed E-state index contributed by atoms with van der Waals surface area (Å²) in [7, 11) is -0.143. The number of hydrogen-bond donors (Lipinski definition) is 0. The summed E-state index contributed by atoms with van der Waals surface area (Å²) in [6.45, 7) is 14.7. The van der Waals surface area contributed by atoms with Gasteiger partial charge in [0.15, 0.2) is 8.32 Å². The van der Waals surface area contributed by atoms with Crippen molar-refractivity contribution in [2.45, 2.75) is 58.0 Å². The minimum Gasteiger partial charge on any atom is -0.411 e. The van der Waals surface area contributed by atoms with Crippen LogP contribution in [0.25, 0.3) is 0 Å². The molecule has 2 atom stereocenters. The lowest BCUT2D eigenvalue weighted by Gasteiger charge is -2.39. The van der Waals surface area contributed by atoms with Gasteiger partial charge in [0.1, 0.15) is 12.9 Å². The van der Waals surface area contributed by atoms with E-state index in [1.807, 2.05) is 10.2 Å². The van der Waals surface area contributed by atoms with Crippen molar-refractivity contribution in [3.63, 3.8) is 0 Å². The highest BCUT2D eigenvalue weighted by atomic mass is 127. The van der Waals surface area contributed by atoms with Gasteiger partial charge in [0, 0.05) is 7.11 Å². The van der Waals surface area contributed by atoms with Gasteiger partial charge in [0.05, 0.1) is 19.3 Å². The van der Waals surface area contributed by atoms with E-state index >= 15 is 0 Å². The predicted molar refractivity (Wildman–Crippen MR) is 98.5 cm³/mol. The Morgan fingerprint density at radius 2 is 1.81 bits per heavy atom. The average molecular weight is 430 g/mol. The van der Waals surface area contributed by atoms with Crippen molar-refractivity contribution in [1.29, 1.82) is 0 Å². The summed E-state index contributed by atoms with van der Waals surface area (Å²) in [5.74, 6) is 0. The number of methoxy groups -OCH3 is 1. The van der Waals surface area contributed by atoms with Gasteiger partial charge in [-0.1, -0.05) is 43.4 Å². The Labute approximate surface area is 144 Å². The molecule has 6 heteroatoms. The van der Waals surface area contributed by atoms with Crippen LogP contribution in [0.1, 0.15) is 27.7 Å². The van der Waals surface area contributed by atoms with Crippen LogP contribution in [0.2, 0.25) is 18.1 Å². The van der Waals surface area contributed by atoms with Crippen LogP contribution >= 0.6 is 22.6 Å². The molecule has 21 heavy (non-hydrogen) atoms. The molecule has 0 saturated heterocycles. The van der Waals surface area contributed by atoms with Gasteiger partial charge in [-0.3, -0.25) is 0 Å². The summed E-state index contributed by atoms with van der Waals surface area (Å²) in [6, 6.07) is 0. The highest BCUT2D eigenvalue weighted by molar-refractivity contribution is 14.1. The van der Waals surface area contributed by atoms with Crippen LogP contribution in [0, 0.1) is 0 Å². The molecule has 0 amide bonds. The van der Waals surface area contributed by atoms with Crippen molar-refractivity contribution in [2.24, 2.45) is 0 Å². The number of ether oxygens (including phenoxy) is 3. The van der Waals surface area contributed by atoms with E-state index in [9.17, 15) is 0 Å². The van der Waals surface area contributed by atoms with Gasteiger partial charge in [-0.05, 0) is 35.2 Å². The van der Waals surface area contributed by atoms with Gasteiger partial charge < -0.3 is 18.6 Å². The molecule has 0 N–H and O–H groups in total. The molecule has 0 bridgehead atoms. The molecule has 0 rings (SSSR count). The first-order chi connectivity index (χ1) is 9.65. The summed E-state index contributed by atoms with van der Waals surface area (Å²) in [5.41, 5.74) is 0. The highest BCUT2D eigenvalue weighted by Crippen LogP contribution is 2.37. The highest BCUT2D eigenvalue weighted by Gasteiger charge is 2.39. The van der Waals surface area contributed by atoms with Crippen LogP contribution in [0.4, 0.5) is 0 Å². The third-order valence-electron chi connectivity index (χ3n) is 3.79. The zero-order chi connectivity index (χ0) is 16.5. The van der Waals surface area contributed by atoms with Crippen molar-refractivity contribution < 1.29 is 18.6 Å². The molecular weight excluding hydrogens is 399 g/mol. The first kappa shape index (κ1) is 21.5. The third-order valence-corrected chi connectivity index (χ3v) is 8.78. The number of rotatable bonds is 10. The standard InChI is InChI=1S/C15H31IO4Si/c1-13(20-21(6,7)15(2,3)4)14(8-9-16)19-12-18-11-10-17-5/h8-9,13-14H,10-12H2,1-7H3/b9-8+/t13-,14+/m0/s1. The van der Waals surface area contributed by atoms with E-state index in [1.165, 1.54) is 0 Å². The molecule has 0 saturated carbocycles. The fraction of sp³-hybridized carbons (Fsp3) is 0.867. The lowest BCUT2D eigenvalue weighted by Crippen LogP contribution is -2.46. The smallest absolute Gasteiger partial charge is 0.192 e. The molecule has 0 radical (unpaired) electrons. The van der Waals surface area contributed by atoms with Crippen molar-refractivity contribution in [3.8, 4) is 0 Å². The molecule has 0 aromatic carbocycles. The minimum absolute atomic E-state index is 0.00272. The van der Waals surface area contributed by atoms with E-state index in [2.05, 4.69) is 63.4 Å². The van der Waals surface area contributed by atoms with Crippen molar-refractivity contribution in [1.82, 2.24) is 0 Å². The average Bonchev–Trinajstić information content (AvgIpc) is 2.35. The van der Waals surface area contributed by atoms with Crippen molar-refractivity contribution >= 4 is 30.9 Å². The summed E-state index contributed by atoms with van der Waals surface area (Å²) < 4.78 is 24.4. The van der Waals surface area contributed by atoms with Crippen LogP contribution in [0.15, 0.2) is 10.2 Å². The quantitative estimate of drug-likeness (QED) is 0.224. The van der Waals surface area contributed by atoms with Crippen LogP contribution in [0.3, 0.4) is 0 Å². The topological polar surface area (TPSA) is 36.9 Å². The third kappa shape index (κ3) is 8.66. The zero-order valence-corrected chi connectivity index (χ0v) is 17.6. The Kier molecular flexibility index (Phi) is 10.6. The Balaban J connectivity index is 4.45. The minimum atomic E-state index is -1.80. The summed E-state index contributed by atoms with van der Waals surface area (Å²) in [4.78, 5) is 0. The molecule has 0 spiro atoms. The lowest BCUT2D eigenvalue weighted by molar-refractivity contribution is -0.107. The summed E-state index contributed by atoms with van der Waals surface area (Å²) in [6.07, 6.45) is 1.92. The van der Waals surface area contributed by atoms with E-state index in [4.69, 9.17) is 18.6 Å². The van der Waals surface area contributed by atoms with Gasteiger partial charge in [0.25, 0.3) is 0 Å². The fourth-order valence-corrected chi connectivity index (χ4v) is 3.28. The maximum absolute atomic E-state index is 6.37. The molecule has 0 aliphatic heterocycles. The Morgan fingerprint density at radius 1 is 1.19 bits per heavy atom. The monoisotopic (exact) mass is 430 g/mol. The molecule has 0 aliphatic carbocycles. The van der Waals surface area contributed by atoms with E-state index in [1.54, 1.807) is 7.11 Å². The van der Waals surface area contributed by atoms with Gasteiger partial charge in [0.2, 0.25) is 0 Å². The maximum Gasteiger partial charge on any atom is 0.192 e. The molecule has 0 unspecified atom stereocenters. The Morgan fingerprint density at radius 3 is 2.29 bits per heavy atom. The van der Waals surface area contributed by atoms with Gasteiger partial charge in [-0.15, -0.1) is 0 Å². The molecular formula is C15H31IO4Si. The Hall–Kier alpha value is 0.527. The second-order valence-corrected chi connectivity index (χ2v) is 12.0. The van der Waals surface area contributed by atoms with Gasteiger partial charge in [-0.25, -0.2) is 0 Å². The van der Waals surface area contributed by atoms with Crippen LogP contribution < -0.4 is 0 Å². The van der Waals surface area contributed by atoms with Crippen molar-refractivity contribution in [2.75, 3.05) is 27.1 Å². The predicted octanol–water partition coefficient (Wildman–Crippen LogP) is 4.35. The van der Waals surface area contributed by atoms with E-state index in [0.29, 0.717) is 13.2 Å². The van der Waals surface area contributed by atoms with E-state index in [0.717, 1.165) is 0 Å². The van der Waals surface area contributed by atoms with Crippen LogP contribution in [0.5, 0.6) is 0 Å². The van der Waals surface area contributed by atoms with Crippen molar-refractivity contribution in [3.05, 3.63) is 10.2 Å². The van der Waals surface area contributed by atoms with Gasteiger partial charge in [-0.2, -0.15) is 0 Å². The second kappa shape index (κ2) is 10.3. The maximum atomic E-state index is 6.37. The summed E-state index contributed by atoms with van der Waals surface area (Å²) in [5, 5.41) is 0.189. The summed E-state index contributed by atoms with van der Waals surface area (Å²) >= 11 is 2.20. The largest absolute Gasteiger partial charge is 0.411 e. The molecule has 0 heterocycles. The number of hydrogen-bond acceptors (Lipinski definition) is 4. The molecule has 0 aromatic rings. The first-order valence-corrected chi connectivity index (χ1v) is 11.4. The second-order valence-electron chi connectivity index (χ2n) is 6.55. The molecule has 0 aromatic heterocycles. The zero-order valence-electron chi connectivity index (χ0n) is 14.4. The molecule has 0 fully saturated rings. The van der Waals surface area contributed by atoms with Gasteiger partial charge >= 0.3 is 0 Å². The fourth-order valence-electron chi connectivity index (χ4n) is 1.46. The lowest BCUT2D eigenvalue weighted by atomic mass is 10.2. The molecule has 4 nitrogen and oxygen atoms in total. The SMILES string of the molecule is COCCOCO[C@H](/C=C/I)[C@H](C)O[Si](C)(C)C(C)(C)C.